The number of rotatable bonds is 7. The number of halogens is 2. The van der Waals surface area contributed by atoms with Gasteiger partial charge in [0.25, 0.3) is 0 Å². The third-order valence-electron chi connectivity index (χ3n) is 2.79. The normalized spacial score (nSPS) is 14.6. The lowest BCUT2D eigenvalue weighted by molar-refractivity contribution is -0.0509. The molecule has 3 nitrogen and oxygen atoms in total. The Hall–Kier alpha value is -1.20. The minimum Gasteiger partial charge on any atom is -0.434 e. The summed E-state index contributed by atoms with van der Waals surface area (Å²) >= 11 is 0. The van der Waals surface area contributed by atoms with E-state index in [1.54, 1.807) is 18.2 Å². The minimum absolute atomic E-state index is 0.0994. The van der Waals surface area contributed by atoms with Crippen LogP contribution in [0.15, 0.2) is 24.3 Å². The lowest BCUT2D eigenvalue weighted by atomic mass is 10.0. The number of aliphatic hydroxyl groups excluding tert-OH is 1. The van der Waals surface area contributed by atoms with Crippen LogP contribution >= 0.6 is 0 Å². The average molecular weight is 259 g/mol. The standard InChI is InChI=1S/C13H19F2NO2/c1-3-9(2)16-11(8-17)10-6-4-5-7-12(10)18-13(14)15/h4-7,9,11,13,16-17H,3,8H2,1-2H3. The predicted molar refractivity (Wildman–Crippen MR) is 65.8 cm³/mol. The van der Waals surface area contributed by atoms with E-state index in [4.69, 9.17) is 0 Å². The van der Waals surface area contributed by atoms with Crippen molar-refractivity contribution >= 4 is 0 Å². The van der Waals surface area contributed by atoms with Crippen molar-refractivity contribution in [3.05, 3.63) is 29.8 Å². The number of aliphatic hydroxyl groups is 1. The van der Waals surface area contributed by atoms with E-state index in [9.17, 15) is 13.9 Å². The second kappa shape index (κ2) is 7.28. The topological polar surface area (TPSA) is 41.5 Å². The van der Waals surface area contributed by atoms with E-state index in [0.717, 1.165) is 6.42 Å². The second-order valence-electron chi connectivity index (χ2n) is 4.13. The largest absolute Gasteiger partial charge is 0.434 e. The van der Waals surface area contributed by atoms with E-state index in [2.05, 4.69) is 10.1 Å². The molecule has 0 aromatic heterocycles. The highest BCUT2D eigenvalue weighted by Gasteiger charge is 2.18. The summed E-state index contributed by atoms with van der Waals surface area (Å²) in [6, 6.07) is 6.28. The number of hydrogen-bond acceptors (Lipinski definition) is 3. The monoisotopic (exact) mass is 259 g/mol. The van der Waals surface area contributed by atoms with Gasteiger partial charge in [-0.1, -0.05) is 25.1 Å². The molecule has 0 aliphatic carbocycles. The Morgan fingerprint density at radius 3 is 2.56 bits per heavy atom. The van der Waals surface area contributed by atoms with Crippen LogP contribution in [0.5, 0.6) is 5.75 Å². The Morgan fingerprint density at radius 1 is 1.33 bits per heavy atom. The van der Waals surface area contributed by atoms with Crippen LogP contribution in [-0.4, -0.2) is 24.4 Å². The summed E-state index contributed by atoms with van der Waals surface area (Å²) in [4.78, 5) is 0. The van der Waals surface area contributed by atoms with Crippen molar-refractivity contribution in [1.82, 2.24) is 5.32 Å². The number of benzene rings is 1. The molecule has 102 valence electrons. The van der Waals surface area contributed by atoms with E-state index < -0.39 is 12.7 Å². The van der Waals surface area contributed by atoms with Gasteiger partial charge in [-0.15, -0.1) is 0 Å². The highest BCUT2D eigenvalue weighted by atomic mass is 19.3. The van der Waals surface area contributed by atoms with Gasteiger partial charge in [0, 0.05) is 11.6 Å². The third kappa shape index (κ3) is 4.23. The molecule has 0 radical (unpaired) electrons. The van der Waals surface area contributed by atoms with Gasteiger partial charge in [-0.2, -0.15) is 8.78 Å². The molecule has 5 heteroatoms. The van der Waals surface area contributed by atoms with E-state index >= 15 is 0 Å². The number of alkyl halides is 2. The fourth-order valence-corrected chi connectivity index (χ4v) is 1.67. The third-order valence-corrected chi connectivity index (χ3v) is 2.79. The van der Waals surface area contributed by atoms with Gasteiger partial charge in [-0.05, 0) is 19.4 Å². The zero-order valence-corrected chi connectivity index (χ0v) is 10.6. The number of para-hydroxylation sites is 1. The van der Waals surface area contributed by atoms with E-state index in [0.29, 0.717) is 5.56 Å². The molecule has 0 fully saturated rings. The van der Waals surface area contributed by atoms with E-state index in [-0.39, 0.29) is 18.4 Å². The van der Waals surface area contributed by atoms with Crippen molar-refractivity contribution in [3.8, 4) is 5.75 Å². The Labute approximate surface area is 106 Å². The molecule has 2 unspecified atom stereocenters. The molecule has 0 aliphatic rings. The molecule has 0 saturated carbocycles. The molecule has 2 N–H and O–H groups in total. The van der Waals surface area contributed by atoms with Gasteiger partial charge >= 0.3 is 6.61 Å². The lowest BCUT2D eigenvalue weighted by Crippen LogP contribution is -2.32. The highest BCUT2D eigenvalue weighted by Crippen LogP contribution is 2.26. The van der Waals surface area contributed by atoms with Gasteiger partial charge in [0.15, 0.2) is 0 Å². The maximum atomic E-state index is 12.3. The molecule has 0 aliphatic heterocycles. The molecule has 2 atom stereocenters. The Kier molecular flexibility index (Phi) is 6.01. The zero-order chi connectivity index (χ0) is 13.5. The van der Waals surface area contributed by atoms with Crippen LogP contribution in [0.4, 0.5) is 8.78 Å². The number of nitrogens with one attached hydrogen (secondary N) is 1. The van der Waals surface area contributed by atoms with Gasteiger partial charge in [0.2, 0.25) is 0 Å². The maximum Gasteiger partial charge on any atom is 0.387 e. The minimum atomic E-state index is -2.87. The molecule has 1 aromatic rings. The van der Waals surface area contributed by atoms with Crippen molar-refractivity contribution in [2.45, 2.75) is 39.0 Å². The van der Waals surface area contributed by atoms with Gasteiger partial charge in [-0.25, -0.2) is 0 Å². The summed E-state index contributed by atoms with van der Waals surface area (Å²) < 4.78 is 29.0. The summed E-state index contributed by atoms with van der Waals surface area (Å²) in [6.07, 6.45) is 0.883. The van der Waals surface area contributed by atoms with Gasteiger partial charge < -0.3 is 15.2 Å². The van der Waals surface area contributed by atoms with Crippen molar-refractivity contribution in [3.63, 3.8) is 0 Å². The summed E-state index contributed by atoms with van der Waals surface area (Å²) in [5, 5.41) is 12.5. The highest BCUT2D eigenvalue weighted by molar-refractivity contribution is 5.36. The van der Waals surface area contributed by atoms with Gasteiger partial charge in [0.05, 0.1) is 12.6 Å². The van der Waals surface area contributed by atoms with Crippen LogP contribution < -0.4 is 10.1 Å². The summed E-state index contributed by atoms with van der Waals surface area (Å²) in [5.74, 6) is 0.0994. The lowest BCUT2D eigenvalue weighted by Gasteiger charge is -2.23. The summed E-state index contributed by atoms with van der Waals surface area (Å²) in [6.45, 7) is 0.940. The Bertz CT molecular complexity index is 361. The van der Waals surface area contributed by atoms with Crippen molar-refractivity contribution in [2.24, 2.45) is 0 Å². The van der Waals surface area contributed by atoms with Gasteiger partial charge in [-0.3, -0.25) is 0 Å². The predicted octanol–water partition coefficient (Wildman–Crippen LogP) is 2.71. The first-order valence-corrected chi connectivity index (χ1v) is 5.99. The first kappa shape index (κ1) is 14.9. The molecule has 0 bridgehead atoms. The second-order valence-corrected chi connectivity index (χ2v) is 4.13. The van der Waals surface area contributed by atoms with Crippen LogP contribution in [0.25, 0.3) is 0 Å². The molecule has 0 heterocycles. The number of hydrogen-bond donors (Lipinski definition) is 2. The van der Waals surface area contributed by atoms with Crippen LogP contribution in [0.1, 0.15) is 31.9 Å². The molecule has 18 heavy (non-hydrogen) atoms. The van der Waals surface area contributed by atoms with Gasteiger partial charge in [0.1, 0.15) is 5.75 Å². The number of ether oxygens (including phenoxy) is 1. The molecule has 1 rings (SSSR count). The SMILES string of the molecule is CCC(C)NC(CO)c1ccccc1OC(F)F. The molecule has 0 amide bonds. The maximum absolute atomic E-state index is 12.3. The van der Waals surface area contributed by atoms with Crippen molar-refractivity contribution < 1.29 is 18.6 Å². The van der Waals surface area contributed by atoms with E-state index in [1.807, 2.05) is 13.8 Å². The molecular weight excluding hydrogens is 240 g/mol. The average Bonchev–Trinajstić information content (AvgIpc) is 2.36. The fraction of sp³-hybridized carbons (Fsp3) is 0.538. The summed E-state index contributed by atoms with van der Waals surface area (Å²) in [7, 11) is 0. The Morgan fingerprint density at radius 2 is 2.00 bits per heavy atom. The van der Waals surface area contributed by atoms with E-state index in [1.165, 1.54) is 6.07 Å². The fourth-order valence-electron chi connectivity index (χ4n) is 1.67. The van der Waals surface area contributed by atoms with Crippen LogP contribution in [0.2, 0.25) is 0 Å². The Balaban J connectivity index is 2.90. The molecular formula is C13H19F2NO2. The van der Waals surface area contributed by atoms with Crippen LogP contribution in [0, 0.1) is 0 Å². The zero-order valence-electron chi connectivity index (χ0n) is 10.6. The molecule has 1 aromatic carbocycles. The quantitative estimate of drug-likeness (QED) is 0.791. The smallest absolute Gasteiger partial charge is 0.387 e. The van der Waals surface area contributed by atoms with Crippen LogP contribution in [-0.2, 0) is 0 Å². The summed E-state index contributed by atoms with van der Waals surface area (Å²) in [5.41, 5.74) is 0.542. The first-order chi connectivity index (χ1) is 8.58. The van der Waals surface area contributed by atoms with Crippen LogP contribution in [0.3, 0.4) is 0 Å². The molecule has 0 saturated heterocycles. The van der Waals surface area contributed by atoms with Crippen molar-refractivity contribution in [2.75, 3.05) is 6.61 Å². The first-order valence-electron chi connectivity index (χ1n) is 5.99. The van der Waals surface area contributed by atoms with Crippen molar-refractivity contribution in [1.29, 1.82) is 0 Å². The molecule has 0 spiro atoms.